The number of rotatable bonds is 4. The first kappa shape index (κ1) is 14.6. The Kier molecular flexibility index (Phi) is 4.17. The van der Waals surface area contributed by atoms with E-state index >= 15 is 0 Å². The third-order valence-electron chi connectivity index (χ3n) is 3.39. The highest BCUT2D eigenvalue weighted by Gasteiger charge is 2.32. The number of hydrogen-bond acceptors (Lipinski definition) is 5. The summed E-state index contributed by atoms with van der Waals surface area (Å²) >= 11 is 0. The molecule has 20 heavy (non-hydrogen) atoms. The minimum atomic E-state index is -2.99. The predicted octanol–water partition coefficient (Wildman–Crippen LogP) is 0.293. The van der Waals surface area contributed by atoms with E-state index in [9.17, 15) is 13.2 Å². The molecule has 1 aliphatic rings. The maximum absolute atomic E-state index is 12.0. The maximum atomic E-state index is 12.0. The smallest absolute Gasteiger partial charge is 0.260 e. The molecule has 6 nitrogen and oxygen atoms in total. The van der Waals surface area contributed by atoms with Crippen molar-refractivity contribution >= 4 is 21.4 Å². The molecule has 0 bridgehead atoms. The fraction of sp³-hybridized carbons (Fsp3) is 0.462. The van der Waals surface area contributed by atoms with Gasteiger partial charge < -0.3 is 15.4 Å². The van der Waals surface area contributed by atoms with Gasteiger partial charge in [0.1, 0.15) is 5.75 Å². The molecule has 2 rings (SSSR count). The predicted molar refractivity (Wildman–Crippen MR) is 76.2 cm³/mol. The Morgan fingerprint density at radius 3 is 2.60 bits per heavy atom. The van der Waals surface area contributed by atoms with E-state index in [4.69, 9.17) is 10.5 Å². The summed E-state index contributed by atoms with van der Waals surface area (Å²) < 4.78 is 28.2. The minimum Gasteiger partial charge on any atom is -0.484 e. The van der Waals surface area contributed by atoms with Gasteiger partial charge in [-0.2, -0.15) is 0 Å². The van der Waals surface area contributed by atoms with Crippen molar-refractivity contribution < 1.29 is 17.9 Å². The molecule has 0 aliphatic carbocycles. The zero-order chi connectivity index (χ0) is 14.8. The zero-order valence-corrected chi connectivity index (χ0v) is 12.1. The number of nitrogens with zero attached hydrogens (tertiary/aromatic N) is 1. The molecule has 1 aromatic rings. The molecule has 1 heterocycles. The molecule has 1 atom stereocenters. The summed E-state index contributed by atoms with van der Waals surface area (Å²) in [5.41, 5.74) is 6.17. The van der Waals surface area contributed by atoms with Crippen molar-refractivity contribution in [1.29, 1.82) is 0 Å². The Hall–Kier alpha value is -1.76. The molecule has 0 radical (unpaired) electrons. The topological polar surface area (TPSA) is 89.7 Å². The minimum absolute atomic E-state index is 0.0388. The SMILES string of the molecule is CN(C(=O)COc1ccc(N)cc1)C1CCS(=O)(=O)C1. The Balaban J connectivity index is 1.87. The second-order valence-corrected chi connectivity index (χ2v) is 7.15. The van der Waals surface area contributed by atoms with E-state index in [1.165, 1.54) is 4.90 Å². The van der Waals surface area contributed by atoms with Gasteiger partial charge in [0.2, 0.25) is 0 Å². The molecule has 7 heteroatoms. The van der Waals surface area contributed by atoms with Gasteiger partial charge in [-0.25, -0.2) is 8.42 Å². The summed E-state index contributed by atoms with van der Waals surface area (Å²) in [7, 11) is -1.38. The molecular weight excluding hydrogens is 280 g/mol. The molecular formula is C13H18N2O4S. The van der Waals surface area contributed by atoms with E-state index in [1.807, 2.05) is 0 Å². The molecule has 0 saturated carbocycles. The van der Waals surface area contributed by atoms with Gasteiger partial charge in [0, 0.05) is 18.8 Å². The Bertz CT molecular complexity index is 583. The lowest BCUT2D eigenvalue weighted by molar-refractivity contribution is -0.133. The summed E-state index contributed by atoms with van der Waals surface area (Å²) in [5, 5.41) is 0. The first-order chi connectivity index (χ1) is 9.37. The van der Waals surface area contributed by atoms with Crippen molar-refractivity contribution in [2.75, 3.05) is 30.9 Å². The van der Waals surface area contributed by atoms with Crippen LogP contribution in [0.15, 0.2) is 24.3 Å². The lowest BCUT2D eigenvalue weighted by Gasteiger charge is -2.23. The normalized spacial score (nSPS) is 20.6. The van der Waals surface area contributed by atoms with Gasteiger partial charge >= 0.3 is 0 Å². The molecule has 1 aliphatic heterocycles. The zero-order valence-electron chi connectivity index (χ0n) is 11.3. The van der Waals surface area contributed by atoms with Crippen LogP contribution in [0.2, 0.25) is 0 Å². The second-order valence-electron chi connectivity index (χ2n) is 4.92. The van der Waals surface area contributed by atoms with Crippen molar-refractivity contribution in [2.24, 2.45) is 0 Å². The average molecular weight is 298 g/mol. The lowest BCUT2D eigenvalue weighted by Crippen LogP contribution is -2.40. The average Bonchev–Trinajstić information content (AvgIpc) is 2.77. The van der Waals surface area contributed by atoms with E-state index in [-0.39, 0.29) is 30.1 Å². The van der Waals surface area contributed by atoms with Crippen LogP contribution in [-0.2, 0) is 14.6 Å². The van der Waals surface area contributed by atoms with Crippen LogP contribution in [0.5, 0.6) is 5.75 Å². The molecule has 110 valence electrons. The van der Waals surface area contributed by atoms with E-state index in [0.717, 1.165) is 0 Å². The molecule has 0 spiro atoms. The van der Waals surface area contributed by atoms with Crippen molar-refractivity contribution in [3.63, 3.8) is 0 Å². The molecule has 1 fully saturated rings. The largest absolute Gasteiger partial charge is 0.484 e. The molecule has 2 N–H and O–H groups in total. The number of amides is 1. The van der Waals surface area contributed by atoms with Gasteiger partial charge in [0.15, 0.2) is 16.4 Å². The summed E-state index contributed by atoms with van der Waals surface area (Å²) in [6, 6.07) is 6.49. The van der Waals surface area contributed by atoms with Crippen LogP contribution in [0, 0.1) is 0 Å². The fourth-order valence-electron chi connectivity index (χ4n) is 2.10. The number of ether oxygens (including phenoxy) is 1. The number of anilines is 1. The second kappa shape index (κ2) is 5.70. The lowest BCUT2D eigenvalue weighted by atomic mass is 10.2. The highest BCUT2D eigenvalue weighted by atomic mass is 32.2. The van der Waals surface area contributed by atoms with Gasteiger partial charge in [0.05, 0.1) is 11.5 Å². The van der Waals surface area contributed by atoms with Gasteiger partial charge in [-0.05, 0) is 30.7 Å². The number of carbonyl (C=O) groups is 1. The van der Waals surface area contributed by atoms with E-state index < -0.39 is 9.84 Å². The molecule has 1 amide bonds. The number of benzene rings is 1. The van der Waals surface area contributed by atoms with Gasteiger partial charge in [-0.1, -0.05) is 0 Å². The van der Waals surface area contributed by atoms with E-state index in [0.29, 0.717) is 17.9 Å². The van der Waals surface area contributed by atoms with Crippen LogP contribution in [0.4, 0.5) is 5.69 Å². The number of sulfone groups is 1. The number of hydrogen-bond donors (Lipinski definition) is 1. The fourth-order valence-corrected chi connectivity index (χ4v) is 3.87. The van der Waals surface area contributed by atoms with Gasteiger partial charge in [-0.15, -0.1) is 0 Å². The van der Waals surface area contributed by atoms with Crippen molar-refractivity contribution in [3.8, 4) is 5.75 Å². The summed E-state index contributed by atoms with van der Waals surface area (Å²) in [4.78, 5) is 13.4. The number of carbonyl (C=O) groups excluding carboxylic acids is 1. The highest BCUT2D eigenvalue weighted by Crippen LogP contribution is 2.17. The third kappa shape index (κ3) is 3.63. The first-order valence-corrected chi connectivity index (χ1v) is 8.14. The Morgan fingerprint density at radius 1 is 1.40 bits per heavy atom. The van der Waals surface area contributed by atoms with Crippen LogP contribution < -0.4 is 10.5 Å². The maximum Gasteiger partial charge on any atom is 0.260 e. The van der Waals surface area contributed by atoms with Crippen LogP contribution in [-0.4, -0.2) is 50.4 Å². The van der Waals surface area contributed by atoms with Crippen LogP contribution >= 0.6 is 0 Å². The Labute approximate surface area is 118 Å². The van der Waals surface area contributed by atoms with Crippen molar-refractivity contribution in [3.05, 3.63) is 24.3 Å². The van der Waals surface area contributed by atoms with Gasteiger partial charge in [-0.3, -0.25) is 4.79 Å². The highest BCUT2D eigenvalue weighted by molar-refractivity contribution is 7.91. The van der Waals surface area contributed by atoms with Crippen molar-refractivity contribution in [2.45, 2.75) is 12.5 Å². The Morgan fingerprint density at radius 2 is 2.05 bits per heavy atom. The molecule has 1 unspecified atom stereocenters. The first-order valence-electron chi connectivity index (χ1n) is 6.32. The van der Waals surface area contributed by atoms with Crippen LogP contribution in [0.25, 0.3) is 0 Å². The summed E-state index contributed by atoms with van der Waals surface area (Å²) in [6.07, 6.45) is 0.493. The van der Waals surface area contributed by atoms with Crippen molar-refractivity contribution in [1.82, 2.24) is 4.90 Å². The molecule has 0 aromatic heterocycles. The standard InChI is InChI=1S/C13H18N2O4S/c1-15(11-6-7-20(17,18)9-11)13(16)8-19-12-4-2-10(14)3-5-12/h2-5,11H,6-9,14H2,1H3. The summed E-state index contributed by atoms with van der Waals surface area (Å²) in [6.45, 7) is -0.114. The number of nitrogen functional groups attached to an aromatic ring is 1. The number of nitrogens with two attached hydrogens (primary N) is 1. The van der Waals surface area contributed by atoms with Crippen LogP contribution in [0.3, 0.4) is 0 Å². The van der Waals surface area contributed by atoms with E-state index in [2.05, 4.69) is 0 Å². The summed E-state index contributed by atoms with van der Waals surface area (Å²) in [5.74, 6) is 0.509. The monoisotopic (exact) mass is 298 g/mol. The third-order valence-corrected chi connectivity index (χ3v) is 5.14. The quantitative estimate of drug-likeness (QED) is 0.807. The van der Waals surface area contributed by atoms with Gasteiger partial charge in [0.25, 0.3) is 5.91 Å². The molecule has 1 saturated heterocycles. The van der Waals surface area contributed by atoms with E-state index in [1.54, 1.807) is 31.3 Å². The molecule has 1 aromatic carbocycles. The van der Waals surface area contributed by atoms with Crippen LogP contribution in [0.1, 0.15) is 6.42 Å². The number of likely N-dealkylation sites (N-methyl/N-ethyl adjacent to an activating group) is 1.